The largest absolute Gasteiger partial charge is 0.298 e. The lowest BCUT2D eigenvalue weighted by Crippen LogP contribution is -2.37. The number of hydrogen-bond acceptors (Lipinski definition) is 5. The third-order valence-electron chi connectivity index (χ3n) is 10.0. The summed E-state index contributed by atoms with van der Waals surface area (Å²) in [5, 5.41) is 9.21. The first-order chi connectivity index (χ1) is 13.0. The van der Waals surface area contributed by atoms with Gasteiger partial charge in [-0.1, -0.05) is 53.3 Å². The summed E-state index contributed by atoms with van der Waals surface area (Å²) < 4.78 is 2.00. The summed E-state index contributed by atoms with van der Waals surface area (Å²) in [5.74, 6) is 0.950. The number of carbonyl (C=O) groups is 2. The van der Waals surface area contributed by atoms with Gasteiger partial charge in [0.15, 0.2) is 10.9 Å². The molecule has 0 N–H and O–H groups in total. The number of rotatable bonds is 3. The molecule has 152 valence electrons. The fourth-order valence-corrected chi connectivity index (χ4v) is 8.78. The van der Waals surface area contributed by atoms with Crippen LogP contribution >= 0.6 is 11.8 Å². The number of aromatic nitrogens is 3. The van der Waals surface area contributed by atoms with Crippen LogP contribution in [0.2, 0.25) is 0 Å². The Morgan fingerprint density at radius 3 is 2.04 bits per heavy atom. The SMILES string of the molecule is CC1(C)[C@H]2CC[C@@]1(C)[C@H](Sc1nncn1[C@@H]1C(=O)[C@@H]3CC[C@]1(C)C3(C)C)C2=O. The molecule has 0 spiro atoms. The fourth-order valence-electron chi connectivity index (χ4n) is 7.24. The highest BCUT2D eigenvalue weighted by molar-refractivity contribution is 8.00. The number of thioether (sulfide) groups is 1. The molecule has 5 rings (SSSR count). The van der Waals surface area contributed by atoms with Gasteiger partial charge in [0.25, 0.3) is 0 Å². The van der Waals surface area contributed by atoms with Gasteiger partial charge in [0.2, 0.25) is 0 Å². The lowest BCUT2D eigenvalue weighted by atomic mass is 9.69. The first-order valence-electron chi connectivity index (χ1n) is 10.6. The second kappa shape index (κ2) is 5.30. The van der Waals surface area contributed by atoms with E-state index in [1.165, 1.54) is 0 Å². The number of ketones is 2. The van der Waals surface area contributed by atoms with E-state index in [9.17, 15) is 9.59 Å². The Morgan fingerprint density at radius 2 is 1.50 bits per heavy atom. The molecule has 4 fully saturated rings. The van der Waals surface area contributed by atoms with Crippen molar-refractivity contribution < 1.29 is 9.59 Å². The van der Waals surface area contributed by atoms with Crippen molar-refractivity contribution in [3.05, 3.63) is 6.33 Å². The minimum absolute atomic E-state index is 0.0167. The van der Waals surface area contributed by atoms with Gasteiger partial charge in [-0.3, -0.25) is 14.2 Å². The normalized spacial score (nSPS) is 45.4. The molecular formula is C22H31N3O2S. The maximum atomic E-state index is 13.3. The van der Waals surface area contributed by atoms with Crippen molar-refractivity contribution in [2.24, 2.45) is 33.5 Å². The number of hydrogen-bond donors (Lipinski definition) is 0. The molecule has 1 heterocycles. The van der Waals surface area contributed by atoms with Crippen LogP contribution in [-0.4, -0.2) is 31.6 Å². The van der Waals surface area contributed by atoms with Gasteiger partial charge in [0.1, 0.15) is 18.2 Å². The highest BCUT2D eigenvalue weighted by atomic mass is 32.2. The second-order valence-electron chi connectivity index (χ2n) is 11.2. The van der Waals surface area contributed by atoms with Crippen molar-refractivity contribution in [2.45, 2.75) is 83.7 Å². The molecule has 0 unspecified atom stereocenters. The second-order valence-corrected chi connectivity index (χ2v) is 12.3. The predicted octanol–water partition coefficient (Wildman–Crippen LogP) is 4.33. The van der Waals surface area contributed by atoms with Crippen molar-refractivity contribution in [3.63, 3.8) is 0 Å². The van der Waals surface area contributed by atoms with Crippen LogP contribution in [-0.2, 0) is 9.59 Å². The molecule has 0 amide bonds. The van der Waals surface area contributed by atoms with E-state index >= 15 is 0 Å². The summed E-state index contributed by atoms with van der Waals surface area (Å²) in [6.45, 7) is 13.5. The predicted molar refractivity (Wildman–Crippen MR) is 108 cm³/mol. The topological polar surface area (TPSA) is 64.8 Å². The van der Waals surface area contributed by atoms with Crippen LogP contribution in [0.1, 0.15) is 73.3 Å². The zero-order valence-corrected chi connectivity index (χ0v) is 18.6. The van der Waals surface area contributed by atoms with Crippen molar-refractivity contribution in [2.75, 3.05) is 0 Å². The Hall–Kier alpha value is -1.17. The lowest BCUT2D eigenvalue weighted by molar-refractivity contribution is -0.126. The van der Waals surface area contributed by atoms with Crippen LogP contribution in [0.15, 0.2) is 11.5 Å². The highest BCUT2D eigenvalue weighted by Gasteiger charge is 2.68. The molecule has 4 saturated carbocycles. The van der Waals surface area contributed by atoms with Crippen LogP contribution in [0.5, 0.6) is 0 Å². The van der Waals surface area contributed by atoms with Crippen molar-refractivity contribution >= 4 is 23.3 Å². The van der Waals surface area contributed by atoms with Gasteiger partial charge in [-0.2, -0.15) is 0 Å². The Kier molecular flexibility index (Phi) is 3.56. The first kappa shape index (κ1) is 18.8. The van der Waals surface area contributed by atoms with E-state index in [0.717, 1.165) is 30.8 Å². The maximum absolute atomic E-state index is 13.3. The first-order valence-corrected chi connectivity index (χ1v) is 11.5. The van der Waals surface area contributed by atoms with E-state index in [-0.39, 0.29) is 44.8 Å². The quantitative estimate of drug-likeness (QED) is 0.754. The zero-order valence-electron chi connectivity index (χ0n) is 17.8. The highest BCUT2D eigenvalue weighted by Crippen LogP contribution is 2.69. The van der Waals surface area contributed by atoms with Gasteiger partial charge in [-0.15, -0.1) is 10.2 Å². The molecule has 5 nitrogen and oxygen atoms in total. The average molecular weight is 402 g/mol. The molecule has 4 aliphatic carbocycles. The monoisotopic (exact) mass is 401 g/mol. The van der Waals surface area contributed by atoms with E-state index < -0.39 is 0 Å². The van der Waals surface area contributed by atoms with E-state index in [2.05, 4.69) is 51.7 Å². The number of carbonyl (C=O) groups excluding carboxylic acids is 2. The van der Waals surface area contributed by atoms with E-state index in [1.54, 1.807) is 18.1 Å². The van der Waals surface area contributed by atoms with Crippen LogP contribution < -0.4 is 0 Å². The minimum Gasteiger partial charge on any atom is -0.298 e. The fraction of sp³-hybridized carbons (Fsp3) is 0.818. The third kappa shape index (κ3) is 1.87. The number of Topliss-reactive ketones (excluding diaryl/α,β-unsaturated/α-hetero) is 2. The summed E-state index contributed by atoms with van der Waals surface area (Å²) in [4.78, 5) is 26.4. The van der Waals surface area contributed by atoms with Gasteiger partial charge in [0, 0.05) is 17.3 Å². The molecule has 0 radical (unpaired) electrons. The van der Waals surface area contributed by atoms with Gasteiger partial charge in [0.05, 0.1) is 5.25 Å². The van der Waals surface area contributed by atoms with E-state index in [4.69, 9.17) is 0 Å². The van der Waals surface area contributed by atoms with Gasteiger partial charge < -0.3 is 0 Å². The summed E-state index contributed by atoms with van der Waals surface area (Å²) in [6, 6.07) is -0.215. The summed E-state index contributed by atoms with van der Waals surface area (Å²) in [7, 11) is 0. The number of nitrogens with zero attached hydrogens (tertiary/aromatic N) is 3. The molecule has 0 aliphatic heterocycles. The van der Waals surface area contributed by atoms with Gasteiger partial charge in [-0.25, -0.2) is 0 Å². The maximum Gasteiger partial charge on any atom is 0.192 e. The van der Waals surface area contributed by atoms with Crippen LogP contribution in [0.25, 0.3) is 0 Å². The van der Waals surface area contributed by atoms with E-state index in [0.29, 0.717) is 11.6 Å². The molecule has 4 bridgehead atoms. The van der Waals surface area contributed by atoms with Crippen molar-refractivity contribution in [1.29, 1.82) is 0 Å². The molecular weight excluding hydrogens is 370 g/mol. The molecule has 6 heteroatoms. The zero-order chi connectivity index (χ0) is 20.3. The Labute approximate surface area is 171 Å². The summed E-state index contributed by atoms with van der Waals surface area (Å²) in [5.41, 5.74) is -0.119. The lowest BCUT2D eigenvalue weighted by Gasteiger charge is -2.39. The smallest absolute Gasteiger partial charge is 0.192 e. The Bertz CT molecular complexity index is 890. The third-order valence-corrected chi connectivity index (χ3v) is 11.5. The number of fused-ring (bicyclic) bond motifs is 4. The molecule has 0 aromatic carbocycles. The van der Waals surface area contributed by atoms with Gasteiger partial charge >= 0.3 is 0 Å². The Balaban J connectivity index is 1.51. The minimum atomic E-state index is -0.215. The average Bonchev–Trinajstić information content (AvgIpc) is 3.27. The van der Waals surface area contributed by atoms with Crippen molar-refractivity contribution in [3.8, 4) is 0 Å². The van der Waals surface area contributed by atoms with Gasteiger partial charge in [-0.05, 0) is 41.9 Å². The van der Waals surface area contributed by atoms with Crippen LogP contribution in [0.3, 0.4) is 0 Å². The summed E-state index contributed by atoms with van der Waals surface area (Å²) in [6.07, 6.45) is 5.84. The van der Waals surface area contributed by atoms with Crippen LogP contribution in [0, 0.1) is 33.5 Å². The van der Waals surface area contributed by atoms with Crippen molar-refractivity contribution in [1.82, 2.24) is 14.8 Å². The van der Waals surface area contributed by atoms with E-state index in [1.807, 2.05) is 4.57 Å². The Morgan fingerprint density at radius 1 is 0.929 bits per heavy atom. The summed E-state index contributed by atoms with van der Waals surface area (Å²) >= 11 is 1.56. The molecule has 1 aromatic rings. The molecule has 0 saturated heterocycles. The molecule has 28 heavy (non-hydrogen) atoms. The van der Waals surface area contributed by atoms with Crippen LogP contribution in [0.4, 0.5) is 0 Å². The standard InChI is InChI=1S/C22H31N3O2S/c1-19(2)12-7-9-21(19,5)16(14(12)26)25-11-23-24-18(25)28-17-15(27)13-8-10-22(17,6)20(13,3)4/h11-13,16-17H,7-10H2,1-6H3/t12-,13-,16+,17+,21-,22-/m0/s1. The molecule has 1 aromatic heterocycles. The molecule has 6 atom stereocenters. The molecule has 4 aliphatic rings.